The van der Waals surface area contributed by atoms with Crippen LogP contribution < -0.4 is 5.73 Å². The molecule has 1 saturated heterocycles. The molecule has 0 unspecified atom stereocenters. The summed E-state index contributed by atoms with van der Waals surface area (Å²) >= 11 is 3.35. The molecule has 1 fully saturated rings. The van der Waals surface area contributed by atoms with Crippen LogP contribution in [-0.4, -0.2) is 48.9 Å². The number of rotatable bonds is 4. The lowest BCUT2D eigenvalue weighted by molar-refractivity contribution is 0.0782. The largest absolute Gasteiger partial charge is 0.398 e. The van der Waals surface area contributed by atoms with Crippen molar-refractivity contribution in [3.8, 4) is 0 Å². The molecular formula is C14H20BrN3O. The second-order valence-electron chi connectivity index (χ2n) is 5.01. The van der Waals surface area contributed by atoms with Crippen LogP contribution in [-0.2, 0) is 0 Å². The first kappa shape index (κ1) is 14.3. The maximum atomic E-state index is 12.3. The molecule has 1 aromatic carbocycles. The molecule has 1 heterocycles. The van der Waals surface area contributed by atoms with Gasteiger partial charge < -0.3 is 15.5 Å². The summed E-state index contributed by atoms with van der Waals surface area (Å²) in [6.45, 7) is 4.05. The molecule has 19 heavy (non-hydrogen) atoms. The van der Waals surface area contributed by atoms with E-state index in [4.69, 9.17) is 5.73 Å². The van der Waals surface area contributed by atoms with Crippen molar-refractivity contribution in [1.29, 1.82) is 0 Å². The minimum atomic E-state index is 0.0416. The zero-order chi connectivity index (χ0) is 13.8. The highest BCUT2D eigenvalue weighted by molar-refractivity contribution is 9.10. The Labute approximate surface area is 122 Å². The third-order valence-electron chi connectivity index (χ3n) is 3.54. The van der Waals surface area contributed by atoms with Gasteiger partial charge in [-0.05, 0) is 60.1 Å². The summed E-state index contributed by atoms with van der Waals surface area (Å²) in [6.07, 6.45) is 2.56. The molecule has 0 radical (unpaired) electrons. The summed E-state index contributed by atoms with van der Waals surface area (Å²) in [7, 11) is 1.85. The molecule has 0 aliphatic carbocycles. The number of hydrogen-bond donors (Lipinski definition) is 1. The van der Waals surface area contributed by atoms with E-state index in [2.05, 4.69) is 20.8 Å². The van der Waals surface area contributed by atoms with Crippen LogP contribution >= 0.6 is 15.9 Å². The number of nitrogens with two attached hydrogens (primary N) is 1. The number of likely N-dealkylation sites (tertiary alicyclic amines) is 1. The molecule has 2 rings (SSSR count). The van der Waals surface area contributed by atoms with Crippen molar-refractivity contribution >= 4 is 27.5 Å². The standard InChI is InChI=1S/C14H20BrN3O/c1-17(8-9-18-6-2-3-7-18)14(19)11-4-5-13(16)12(15)10-11/h4-5,10H,2-3,6-9,16H2,1H3. The summed E-state index contributed by atoms with van der Waals surface area (Å²) < 4.78 is 0.770. The first-order valence-electron chi connectivity index (χ1n) is 6.61. The first-order valence-corrected chi connectivity index (χ1v) is 7.40. The third-order valence-corrected chi connectivity index (χ3v) is 4.23. The van der Waals surface area contributed by atoms with Gasteiger partial charge in [-0.15, -0.1) is 0 Å². The smallest absolute Gasteiger partial charge is 0.253 e. The number of benzene rings is 1. The van der Waals surface area contributed by atoms with Gasteiger partial charge in [-0.25, -0.2) is 0 Å². The second kappa shape index (κ2) is 6.39. The van der Waals surface area contributed by atoms with Gasteiger partial charge in [0.25, 0.3) is 5.91 Å². The fourth-order valence-corrected chi connectivity index (χ4v) is 2.66. The maximum absolute atomic E-state index is 12.3. The Morgan fingerprint density at radius 1 is 1.42 bits per heavy atom. The van der Waals surface area contributed by atoms with Gasteiger partial charge in [-0.3, -0.25) is 4.79 Å². The van der Waals surface area contributed by atoms with Crippen LogP contribution in [0.3, 0.4) is 0 Å². The lowest BCUT2D eigenvalue weighted by Gasteiger charge is -2.21. The molecule has 0 bridgehead atoms. The zero-order valence-corrected chi connectivity index (χ0v) is 12.8. The van der Waals surface area contributed by atoms with Gasteiger partial charge in [0.2, 0.25) is 0 Å². The summed E-state index contributed by atoms with van der Waals surface area (Å²) in [4.78, 5) is 16.4. The SMILES string of the molecule is CN(CCN1CCCC1)C(=O)c1ccc(N)c(Br)c1. The van der Waals surface area contributed by atoms with E-state index in [-0.39, 0.29) is 5.91 Å². The predicted octanol–water partition coefficient (Wildman–Crippen LogP) is 2.20. The van der Waals surface area contributed by atoms with Crippen molar-refractivity contribution < 1.29 is 4.79 Å². The van der Waals surface area contributed by atoms with E-state index < -0.39 is 0 Å². The number of amides is 1. The molecule has 1 aliphatic rings. The number of nitrogen functional groups attached to an aromatic ring is 1. The van der Waals surface area contributed by atoms with Gasteiger partial charge in [0.05, 0.1) is 0 Å². The Balaban J connectivity index is 1.92. The third kappa shape index (κ3) is 3.70. The van der Waals surface area contributed by atoms with Crippen LogP contribution in [0.1, 0.15) is 23.2 Å². The molecule has 0 aromatic heterocycles. The van der Waals surface area contributed by atoms with Crippen LogP contribution in [0.15, 0.2) is 22.7 Å². The quantitative estimate of drug-likeness (QED) is 0.863. The Kier molecular flexibility index (Phi) is 4.82. The van der Waals surface area contributed by atoms with E-state index in [0.717, 1.165) is 30.7 Å². The van der Waals surface area contributed by atoms with Crippen molar-refractivity contribution in [2.75, 3.05) is 39.0 Å². The molecule has 0 saturated carbocycles. The average Bonchev–Trinajstić information content (AvgIpc) is 2.91. The van der Waals surface area contributed by atoms with E-state index in [9.17, 15) is 4.79 Å². The number of halogens is 1. The summed E-state index contributed by atoms with van der Waals surface area (Å²) in [6, 6.07) is 5.31. The van der Waals surface area contributed by atoms with Crippen molar-refractivity contribution in [3.63, 3.8) is 0 Å². The fourth-order valence-electron chi connectivity index (χ4n) is 2.28. The van der Waals surface area contributed by atoms with Crippen molar-refractivity contribution in [3.05, 3.63) is 28.2 Å². The predicted molar refractivity (Wildman–Crippen MR) is 81.2 cm³/mol. The number of nitrogens with zero attached hydrogens (tertiary/aromatic N) is 2. The maximum Gasteiger partial charge on any atom is 0.253 e. The topological polar surface area (TPSA) is 49.6 Å². The molecule has 1 aliphatic heterocycles. The highest BCUT2D eigenvalue weighted by Gasteiger charge is 2.16. The second-order valence-corrected chi connectivity index (χ2v) is 5.87. The minimum Gasteiger partial charge on any atom is -0.398 e. The highest BCUT2D eigenvalue weighted by Crippen LogP contribution is 2.21. The lowest BCUT2D eigenvalue weighted by atomic mass is 10.2. The monoisotopic (exact) mass is 325 g/mol. The summed E-state index contributed by atoms with van der Waals surface area (Å²) in [5, 5.41) is 0. The van der Waals surface area contributed by atoms with Crippen LogP contribution in [0.5, 0.6) is 0 Å². The molecule has 1 aromatic rings. The Hall–Kier alpha value is -1.07. The van der Waals surface area contributed by atoms with Crippen LogP contribution in [0.2, 0.25) is 0 Å². The minimum absolute atomic E-state index is 0.0416. The van der Waals surface area contributed by atoms with E-state index in [1.807, 2.05) is 7.05 Å². The molecular weight excluding hydrogens is 306 g/mol. The number of likely N-dealkylation sites (N-methyl/N-ethyl adjacent to an activating group) is 1. The van der Waals surface area contributed by atoms with Crippen LogP contribution in [0.4, 0.5) is 5.69 Å². The number of anilines is 1. The fraction of sp³-hybridized carbons (Fsp3) is 0.500. The van der Waals surface area contributed by atoms with Crippen molar-refractivity contribution in [1.82, 2.24) is 9.80 Å². The number of hydrogen-bond acceptors (Lipinski definition) is 3. The van der Waals surface area contributed by atoms with Gasteiger partial charge in [-0.2, -0.15) is 0 Å². The Morgan fingerprint density at radius 2 is 2.11 bits per heavy atom. The average molecular weight is 326 g/mol. The van der Waals surface area contributed by atoms with Crippen LogP contribution in [0, 0.1) is 0 Å². The van der Waals surface area contributed by atoms with Gasteiger partial charge in [0, 0.05) is 35.9 Å². The Bertz CT molecular complexity index is 458. The van der Waals surface area contributed by atoms with E-state index in [1.165, 1.54) is 12.8 Å². The van der Waals surface area contributed by atoms with Gasteiger partial charge in [0.15, 0.2) is 0 Å². The molecule has 0 atom stereocenters. The molecule has 1 amide bonds. The summed E-state index contributed by atoms with van der Waals surface area (Å²) in [5.41, 5.74) is 7.05. The summed E-state index contributed by atoms with van der Waals surface area (Å²) in [5.74, 6) is 0.0416. The molecule has 5 heteroatoms. The zero-order valence-electron chi connectivity index (χ0n) is 11.2. The molecule has 0 spiro atoms. The van der Waals surface area contributed by atoms with E-state index >= 15 is 0 Å². The van der Waals surface area contributed by atoms with Gasteiger partial charge in [0.1, 0.15) is 0 Å². The number of carbonyl (C=O) groups excluding carboxylic acids is 1. The van der Waals surface area contributed by atoms with E-state index in [0.29, 0.717) is 11.3 Å². The molecule has 104 valence electrons. The lowest BCUT2D eigenvalue weighted by Crippen LogP contribution is -2.35. The van der Waals surface area contributed by atoms with Crippen LogP contribution in [0.25, 0.3) is 0 Å². The normalized spacial score (nSPS) is 15.7. The molecule has 2 N–H and O–H groups in total. The first-order chi connectivity index (χ1) is 9.08. The van der Waals surface area contributed by atoms with Gasteiger partial charge in [-0.1, -0.05) is 0 Å². The van der Waals surface area contributed by atoms with Crippen molar-refractivity contribution in [2.24, 2.45) is 0 Å². The Morgan fingerprint density at radius 3 is 2.74 bits per heavy atom. The van der Waals surface area contributed by atoms with Gasteiger partial charge >= 0.3 is 0 Å². The van der Waals surface area contributed by atoms with E-state index in [1.54, 1.807) is 23.1 Å². The number of carbonyl (C=O) groups is 1. The molecule has 4 nitrogen and oxygen atoms in total. The van der Waals surface area contributed by atoms with Crippen molar-refractivity contribution in [2.45, 2.75) is 12.8 Å². The highest BCUT2D eigenvalue weighted by atomic mass is 79.9.